The van der Waals surface area contributed by atoms with E-state index in [2.05, 4.69) is 24.5 Å². The van der Waals surface area contributed by atoms with Crippen LogP contribution in [0.15, 0.2) is 29.7 Å². The largest absolute Gasteiger partial charge is 0.472 e. The molecule has 5 heterocycles. The van der Waals surface area contributed by atoms with Gasteiger partial charge in [0.15, 0.2) is 11.5 Å². The molecule has 0 amide bonds. The summed E-state index contributed by atoms with van der Waals surface area (Å²) in [5.74, 6) is 0.192. The molecule has 2 saturated heterocycles. The zero-order chi connectivity index (χ0) is 28.7. The molecule has 2 fully saturated rings. The number of phosphoric acid groups is 2. The van der Waals surface area contributed by atoms with E-state index >= 15 is 0 Å². The van der Waals surface area contributed by atoms with Gasteiger partial charge in [0.2, 0.25) is 0 Å². The molecule has 0 radical (unpaired) electrons. The number of rotatable bonds is 10. The number of nitrogens with zero attached hydrogens (tertiary/aromatic N) is 6. The van der Waals surface area contributed by atoms with Gasteiger partial charge in [-0.2, -0.15) is 4.98 Å². The summed E-state index contributed by atoms with van der Waals surface area (Å²) in [7, 11) is -9.66. The van der Waals surface area contributed by atoms with E-state index in [0.29, 0.717) is 24.0 Å². The highest BCUT2D eigenvalue weighted by molar-refractivity contribution is 7.47. The maximum Gasteiger partial charge on any atom is 0.472 e. The minimum atomic E-state index is -4.91. The van der Waals surface area contributed by atoms with Crippen molar-refractivity contribution in [3.8, 4) is 0 Å². The third-order valence-corrected chi connectivity index (χ3v) is 7.72. The van der Waals surface area contributed by atoms with Crippen LogP contribution in [0.1, 0.15) is 31.7 Å². The number of fused-ring (bicyclic) bond motifs is 1. The standard InChI is InChI=1S/C19H26N8O11P2/c20-13-3-4-26(19(28)25-13)15-5-11(12(37-15)7-34-39(29,30)31)38-40(32,33)35-6-10-1-2-14(36-10)27-9-24-16-17(21)22-8-23-18(16)27/h3-4,8-12,14-15H,1-2,5-7H2,(H,32,33)(H2,20,25,28)(H2,21,22,23)(H2,29,30,31)/t10-,11-,12+,14+,15+/m0/s1. The molecular weight excluding hydrogens is 578 g/mol. The van der Waals surface area contributed by atoms with E-state index in [9.17, 15) is 18.8 Å². The van der Waals surface area contributed by atoms with E-state index < -0.39 is 58.7 Å². The van der Waals surface area contributed by atoms with Crippen LogP contribution >= 0.6 is 15.6 Å². The van der Waals surface area contributed by atoms with Gasteiger partial charge in [0, 0.05) is 12.6 Å². The van der Waals surface area contributed by atoms with Crippen molar-refractivity contribution < 1.29 is 46.9 Å². The Balaban J connectivity index is 1.21. The van der Waals surface area contributed by atoms with Gasteiger partial charge in [-0.3, -0.25) is 22.7 Å². The number of hydrogen-bond acceptors (Lipinski definition) is 14. The molecule has 6 atom stereocenters. The summed E-state index contributed by atoms with van der Waals surface area (Å²) in [6.45, 7) is -1.01. The second kappa shape index (κ2) is 11.2. The van der Waals surface area contributed by atoms with Crippen LogP contribution in [0.3, 0.4) is 0 Å². The Morgan fingerprint density at radius 1 is 1.02 bits per heavy atom. The van der Waals surface area contributed by atoms with Crippen molar-refractivity contribution in [1.29, 1.82) is 0 Å². The van der Waals surface area contributed by atoms with Crippen LogP contribution in [0, 0.1) is 0 Å². The zero-order valence-electron chi connectivity index (χ0n) is 20.6. The first-order valence-corrected chi connectivity index (χ1v) is 14.9. The Labute approximate surface area is 224 Å². The van der Waals surface area contributed by atoms with Crippen molar-refractivity contribution in [2.24, 2.45) is 0 Å². The smallest absolute Gasteiger partial charge is 0.383 e. The molecule has 2 aliphatic heterocycles. The predicted molar refractivity (Wildman–Crippen MR) is 133 cm³/mol. The topological polar surface area (TPSA) is 272 Å². The SMILES string of the molecule is Nc1ccn([C@H]2C[C@H](OP(=O)(O)OC[C@@H]3CC[C@H](n4cnc5c(N)ncnc54)O3)[C@@H](COP(=O)(O)O)O2)c(=O)n1. The highest BCUT2D eigenvalue weighted by Gasteiger charge is 2.43. The minimum Gasteiger partial charge on any atom is -0.383 e. The lowest BCUT2D eigenvalue weighted by atomic mass is 10.2. The fraction of sp³-hybridized carbons (Fsp3) is 0.526. The molecular formula is C19H26N8O11P2. The van der Waals surface area contributed by atoms with Gasteiger partial charge >= 0.3 is 21.3 Å². The van der Waals surface area contributed by atoms with Crippen LogP contribution in [-0.4, -0.2) is 75.3 Å². The first kappa shape index (κ1) is 28.7. The fourth-order valence-corrected chi connectivity index (χ4v) is 5.74. The highest BCUT2D eigenvalue weighted by atomic mass is 31.2. The van der Waals surface area contributed by atoms with Gasteiger partial charge < -0.3 is 35.6 Å². The van der Waals surface area contributed by atoms with Crippen LogP contribution in [0.4, 0.5) is 11.6 Å². The molecule has 0 bridgehead atoms. The van der Waals surface area contributed by atoms with E-state index in [-0.39, 0.29) is 24.7 Å². The lowest BCUT2D eigenvalue weighted by molar-refractivity contribution is -0.0495. The lowest BCUT2D eigenvalue weighted by Gasteiger charge is -2.22. The van der Waals surface area contributed by atoms with Gasteiger partial charge in [0.25, 0.3) is 0 Å². The lowest BCUT2D eigenvalue weighted by Crippen LogP contribution is -2.29. The summed E-state index contributed by atoms with van der Waals surface area (Å²) < 4.78 is 53.3. The van der Waals surface area contributed by atoms with E-state index in [1.165, 1.54) is 24.9 Å². The molecule has 218 valence electrons. The molecule has 19 nitrogen and oxygen atoms in total. The second-order valence-corrected chi connectivity index (χ2v) is 11.6. The average molecular weight is 604 g/mol. The molecule has 2 aliphatic rings. The number of hydrogen-bond donors (Lipinski definition) is 5. The quantitative estimate of drug-likeness (QED) is 0.188. The van der Waals surface area contributed by atoms with Crippen LogP contribution < -0.4 is 17.2 Å². The van der Waals surface area contributed by atoms with E-state index in [1.807, 2.05) is 0 Å². The van der Waals surface area contributed by atoms with Gasteiger partial charge in [0.1, 0.15) is 42.3 Å². The summed E-state index contributed by atoms with van der Waals surface area (Å²) in [6, 6.07) is 1.34. The van der Waals surface area contributed by atoms with Crippen LogP contribution in [0.25, 0.3) is 11.2 Å². The van der Waals surface area contributed by atoms with Crippen LogP contribution in [0.5, 0.6) is 0 Å². The van der Waals surface area contributed by atoms with Gasteiger partial charge in [-0.15, -0.1) is 0 Å². The molecule has 5 rings (SSSR count). The van der Waals surface area contributed by atoms with Crippen LogP contribution in [0.2, 0.25) is 0 Å². The number of imidazole rings is 1. The number of anilines is 2. The number of nitrogen functional groups attached to an aromatic ring is 2. The van der Waals surface area contributed by atoms with E-state index in [1.54, 1.807) is 4.57 Å². The maximum absolute atomic E-state index is 12.8. The monoisotopic (exact) mass is 604 g/mol. The summed E-state index contributed by atoms with van der Waals surface area (Å²) in [4.78, 5) is 56.7. The first-order valence-electron chi connectivity index (χ1n) is 11.8. The Bertz CT molecular complexity index is 1530. The number of phosphoric ester groups is 2. The molecule has 0 saturated carbocycles. The zero-order valence-corrected chi connectivity index (χ0v) is 22.4. The molecule has 3 aromatic heterocycles. The van der Waals surface area contributed by atoms with Crippen molar-refractivity contribution in [3.05, 3.63) is 35.4 Å². The van der Waals surface area contributed by atoms with Gasteiger partial charge in [-0.25, -0.2) is 28.9 Å². The third kappa shape index (κ3) is 6.55. The van der Waals surface area contributed by atoms with Crippen molar-refractivity contribution in [2.45, 2.75) is 50.0 Å². The number of ether oxygens (including phenoxy) is 2. The Morgan fingerprint density at radius 2 is 1.82 bits per heavy atom. The molecule has 7 N–H and O–H groups in total. The Kier molecular flexibility index (Phi) is 8.04. The normalized spacial score (nSPS) is 26.8. The second-order valence-electron chi connectivity index (χ2n) is 8.97. The molecule has 0 aromatic carbocycles. The maximum atomic E-state index is 12.8. The summed E-state index contributed by atoms with van der Waals surface area (Å²) in [5, 5.41) is 0. The number of nitrogens with two attached hydrogens (primary N) is 2. The molecule has 0 spiro atoms. The van der Waals surface area contributed by atoms with Gasteiger partial charge in [-0.1, -0.05) is 0 Å². The van der Waals surface area contributed by atoms with E-state index in [4.69, 9.17) is 39.8 Å². The highest BCUT2D eigenvalue weighted by Crippen LogP contribution is 2.49. The van der Waals surface area contributed by atoms with Crippen LogP contribution in [-0.2, 0) is 32.2 Å². The molecule has 1 unspecified atom stereocenters. The average Bonchev–Trinajstić information content (AvgIpc) is 3.60. The minimum absolute atomic E-state index is 0.0308. The molecule has 40 heavy (non-hydrogen) atoms. The van der Waals surface area contributed by atoms with Crippen molar-refractivity contribution in [2.75, 3.05) is 24.7 Å². The van der Waals surface area contributed by atoms with Crippen molar-refractivity contribution in [1.82, 2.24) is 29.1 Å². The Hall–Kier alpha value is -2.83. The summed E-state index contributed by atoms with van der Waals surface area (Å²) in [5.41, 5.74) is 11.5. The summed E-state index contributed by atoms with van der Waals surface area (Å²) in [6.07, 6.45) is 0.346. The van der Waals surface area contributed by atoms with Crippen molar-refractivity contribution in [3.63, 3.8) is 0 Å². The third-order valence-electron chi connectivity index (χ3n) is 6.22. The first-order chi connectivity index (χ1) is 18.9. The Morgan fingerprint density at radius 3 is 2.58 bits per heavy atom. The fourth-order valence-electron chi connectivity index (χ4n) is 4.42. The van der Waals surface area contributed by atoms with Crippen molar-refractivity contribution >= 4 is 38.4 Å². The van der Waals surface area contributed by atoms with Gasteiger partial charge in [0.05, 0.1) is 25.6 Å². The summed E-state index contributed by atoms with van der Waals surface area (Å²) >= 11 is 0. The molecule has 21 heteroatoms. The molecule has 0 aliphatic carbocycles. The van der Waals surface area contributed by atoms with Gasteiger partial charge in [-0.05, 0) is 18.9 Å². The predicted octanol–water partition coefficient (Wildman–Crippen LogP) is -0.176. The van der Waals surface area contributed by atoms with E-state index in [0.717, 1.165) is 4.57 Å². The number of aromatic nitrogens is 6. The molecule has 3 aromatic rings.